The minimum Gasteiger partial charge on any atom is -0.430 e. The highest BCUT2D eigenvalue weighted by Gasteiger charge is 2.57. The molecule has 132 valence electrons. The van der Waals surface area contributed by atoms with Crippen molar-refractivity contribution in [2.75, 3.05) is 6.54 Å². The van der Waals surface area contributed by atoms with Gasteiger partial charge in [-0.05, 0) is 25.8 Å². The van der Waals surface area contributed by atoms with Gasteiger partial charge in [-0.25, -0.2) is 4.79 Å². The number of nitro groups is 1. The highest BCUT2D eigenvalue weighted by Crippen LogP contribution is 2.48. The maximum absolute atomic E-state index is 12.8. The fourth-order valence-corrected chi connectivity index (χ4v) is 3.91. The van der Waals surface area contributed by atoms with Crippen molar-refractivity contribution < 1.29 is 19.2 Å². The van der Waals surface area contributed by atoms with Crippen LogP contribution in [-0.4, -0.2) is 39.8 Å². The van der Waals surface area contributed by atoms with Crippen LogP contribution in [0.5, 0.6) is 0 Å². The summed E-state index contributed by atoms with van der Waals surface area (Å²) in [5, 5.41) is 11.5. The second-order valence-corrected chi connectivity index (χ2v) is 6.75. The molecule has 25 heavy (non-hydrogen) atoms. The number of fused-ring (bicyclic) bond motifs is 1. The van der Waals surface area contributed by atoms with Crippen LogP contribution < -0.4 is 0 Å². The highest BCUT2D eigenvalue weighted by atomic mass is 35.5. The van der Waals surface area contributed by atoms with Crippen molar-refractivity contribution in [2.24, 2.45) is 0 Å². The van der Waals surface area contributed by atoms with Gasteiger partial charge in [0, 0.05) is 18.2 Å². The number of hydrogen-bond donors (Lipinski definition) is 0. The lowest BCUT2D eigenvalue weighted by Crippen LogP contribution is -2.51. The Morgan fingerprint density at radius 1 is 1.48 bits per heavy atom. The lowest BCUT2D eigenvalue weighted by Gasteiger charge is -2.37. The summed E-state index contributed by atoms with van der Waals surface area (Å²) in [5.41, 5.74) is -1.71. The molecule has 8 heteroatoms. The van der Waals surface area contributed by atoms with E-state index in [4.69, 9.17) is 16.3 Å². The summed E-state index contributed by atoms with van der Waals surface area (Å²) in [7, 11) is 0. The SMILES string of the molecule is CC(Cl)OC(=O)N1CC[C@]2(c3ccccc3[N+](=O)[O-])C(=O)C=CC[C@H]12. The third-order valence-corrected chi connectivity index (χ3v) is 4.93. The number of amides is 1. The number of allylic oxidation sites excluding steroid dienone is 1. The molecule has 1 aromatic carbocycles. The first-order chi connectivity index (χ1) is 11.9. The van der Waals surface area contributed by atoms with Crippen LogP contribution in [0.25, 0.3) is 0 Å². The highest BCUT2D eigenvalue weighted by molar-refractivity contribution is 6.19. The zero-order valence-electron chi connectivity index (χ0n) is 13.6. The molecule has 7 nitrogen and oxygen atoms in total. The molecule has 1 heterocycles. The largest absolute Gasteiger partial charge is 0.430 e. The maximum atomic E-state index is 12.8. The van der Waals surface area contributed by atoms with Crippen LogP contribution in [0.2, 0.25) is 0 Å². The molecule has 1 unspecified atom stereocenters. The van der Waals surface area contributed by atoms with E-state index in [1.54, 1.807) is 24.3 Å². The van der Waals surface area contributed by atoms with E-state index in [-0.39, 0.29) is 18.0 Å². The van der Waals surface area contributed by atoms with Gasteiger partial charge in [-0.1, -0.05) is 35.9 Å². The van der Waals surface area contributed by atoms with Gasteiger partial charge in [0.15, 0.2) is 11.3 Å². The van der Waals surface area contributed by atoms with E-state index in [1.165, 1.54) is 24.0 Å². The topological polar surface area (TPSA) is 89.8 Å². The molecule has 1 saturated heterocycles. The number of ether oxygens (including phenoxy) is 1. The number of nitrogens with zero attached hydrogens (tertiary/aromatic N) is 2. The van der Waals surface area contributed by atoms with Crippen LogP contribution in [0.1, 0.15) is 25.3 Å². The summed E-state index contributed by atoms with van der Waals surface area (Å²) in [5.74, 6) is -0.229. The molecule has 1 fully saturated rings. The second kappa shape index (κ2) is 6.48. The van der Waals surface area contributed by atoms with Gasteiger partial charge in [0.05, 0.1) is 16.4 Å². The molecule has 0 saturated carbocycles. The summed E-state index contributed by atoms with van der Waals surface area (Å²) < 4.78 is 5.06. The second-order valence-electron chi connectivity index (χ2n) is 6.13. The van der Waals surface area contributed by atoms with Gasteiger partial charge in [-0.2, -0.15) is 0 Å². The summed E-state index contributed by atoms with van der Waals surface area (Å²) in [4.78, 5) is 37.6. The van der Waals surface area contributed by atoms with Crippen molar-refractivity contribution in [1.82, 2.24) is 4.90 Å². The number of halogens is 1. The van der Waals surface area contributed by atoms with Gasteiger partial charge >= 0.3 is 6.09 Å². The van der Waals surface area contributed by atoms with Gasteiger partial charge in [0.1, 0.15) is 0 Å². The molecule has 3 rings (SSSR count). The minimum atomic E-state index is -1.13. The predicted octanol–water partition coefficient (Wildman–Crippen LogP) is 3.16. The number of likely N-dealkylation sites (tertiary alicyclic amines) is 1. The minimum absolute atomic E-state index is 0.114. The van der Waals surface area contributed by atoms with Crippen LogP contribution >= 0.6 is 11.6 Å². The Balaban J connectivity index is 2.09. The monoisotopic (exact) mass is 364 g/mol. The normalized spacial score (nSPS) is 26.2. The van der Waals surface area contributed by atoms with Crippen molar-refractivity contribution >= 4 is 29.2 Å². The first kappa shape index (κ1) is 17.4. The van der Waals surface area contributed by atoms with Gasteiger partial charge in [0.25, 0.3) is 5.69 Å². The third-order valence-electron chi connectivity index (χ3n) is 4.84. The number of rotatable bonds is 3. The van der Waals surface area contributed by atoms with E-state index < -0.39 is 28.0 Å². The average Bonchev–Trinajstić information content (AvgIpc) is 2.96. The first-order valence-corrected chi connectivity index (χ1v) is 8.37. The summed E-state index contributed by atoms with van der Waals surface area (Å²) in [6.07, 6.45) is 3.25. The Bertz CT molecular complexity index is 763. The predicted molar refractivity (Wildman–Crippen MR) is 90.4 cm³/mol. The quantitative estimate of drug-likeness (QED) is 0.467. The molecule has 0 aromatic heterocycles. The number of benzene rings is 1. The molecule has 0 radical (unpaired) electrons. The Labute approximate surface area is 149 Å². The lowest BCUT2D eigenvalue weighted by atomic mass is 9.67. The first-order valence-electron chi connectivity index (χ1n) is 7.94. The Morgan fingerprint density at radius 2 is 2.20 bits per heavy atom. The van der Waals surface area contributed by atoms with Crippen molar-refractivity contribution in [3.05, 3.63) is 52.1 Å². The molecule has 1 aromatic rings. The van der Waals surface area contributed by atoms with Crippen LogP contribution in [-0.2, 0) is 14.9 Å². The smallest absolute Gasteiger partial charge is 0.411 e. The van der Waals surface area contributed by atoms with Crippen molar-refractivity contribution in [1.29, 1.82) is 0 Å². The van der Waals surface area contributed by atoms with Gasteiger partial charge in [0.2, 0.25) is 0 Å². The maximum Gasteiger partial charge on any atom is 0.411 e. The summed E-state index contributed by atoms with van der Waals surface area (Å²) in [6, 6.07) is 5.68. The molecular formula is C17H17ClN2O5. The lowest BCUT2D eigenvalue weighted by molar-refractivity contribution is -0.386. The molecule has 3 atom stereocenters. The van der Waals surface area contributed by atoms with Gasteiger partial charge in [-0.15, -0.1) is 0 Å². The number of hydrogen-bond acceptors (Lipinski definition) is 5. The zero-order chi connectivity index (χ0) is 18.2. The van der Waals surface area contributed by atoms with Crippen molar-refractivity contribution in [3.63, 3.8) is 0 Å². The van der Waals surface area contributed by atoms with E-state index in [0.717, 1.165) is 0 Å². The third kappa shape index (κ3) is 2.78. The Kier molecular flexibility index (Phi) is 4.51. The number of nitro benzene ring substituents is 1. The van der Waals surface area contributed by atoms with Crippen molar-refractivity contribution in [2.45, 2.75) is 36.8 Å². The van der Waals surface area contributed by atoms with Crippen LogP contribution in [0.4, 0.5) is 10.5 Å². The van der Waals surface area contributed by atoms with Gasteiger partial charge < -0.3 is 9.64 Å². The van der Waals surface area contributed by atoms with Crippen molar-refractivity contribution in [3.8, 4) is 0 Å². The van der Waals surface area contributed by atoms with E-state index in [2.05, 4.69) is 0 Å². The standard InChI is InChI=1S/C17H17ClN2O5/c1-11(18)25-16(22)19-10-9-17(14(19)7-4-8-15(17)21)12-5-2-3-6-13(12)20(23)24/h2-6,8,11,14H,7,9-10H2,1H3/t11?,14-,17+/m0/s1. The number of alkyl halides is 1. The molecule has 0 spiro atoms. The fraction of sp³-hybridized carbons (Fsp3) is 0.412. The summed E-state index contributed by atoms with van der Waals surface area (Å²) >= 11 is 5.73. The van der Waals surface area contributed by atoms with Gasteiger partial charge in [-0.3, -0.25) is 14.9 Å². The number of carbonyl (C=O) groups is 2. The van der Waals surface area contributed by atoms with Crippen LogP contribution in [0.3, 0.4) is 0 Å². The number of para-hydroxylation sites is 1. The Morgan fingerprint density at radius 3 is 2.88 bits per heavy atom. The molecule has 0 bridgehead atoms. The van der Waals surface area contributed by atoms with E-state index in [1.807, 2.05) is 0 Å². The molecular weight excluding hydrogens is 348 g/mol. The van der Waals surface area contributed by atoms with E-state index in [9.17, 15) is 19.7 Å². The van der Waals surface area contributed by atoms with E-state index >= 15 is 0 Å². The zero-order valence-corrected chi connectivity index (χ0v) is 14.3. The average molecular weight is 365 g/mol. The molecule has 1 aliphatic carbocycles. The van der Waals surface area contributed by atoms with Crippen LogP contribution in [0.15, 0.2) is 36.4 Å². The fourth-order valence-electron chi connectivity index (χ4n) is 3.84. The van der Waals surface area contributed by atoms with E-state index in [0.29, 0.717) is 18.4 Å². The molecule has 1 aliphatic heterocycles. The number of carbonyl (C=O) groups excluding carboxylic acids is 2. The molecule has 1 amide bonds. The summed E-state index contributed by atoms with van der Waals surface area (Å²) in [6.45, 7) is 1.79. The molecule has 2 aliphatic rings. The Hall–Kier alpha value is -2.41. The van der Waals surface area contributed by atoms with Crippen LogP contribution in [0, 0.1) is 10.1 Å². The molecule has 0 N–H and O–H groups in total. The number of ketones is 1.